The van der Waals surface area contributed by atoms with Crippen LogP contribution in [0.5, 0.6) is 0 Å². The lowest BCUT2D eigenvalue weighted by Crippen LogP contribution is -2.32. The number of nitrogens with zero attached hydrogens (tertiary/aromatic N) is 1. The van der Waals surface area contributed by atoms with Gasteiger partial charge in [-0.1, -0.05) is 79.9 Å². The molecule has 3 aromatic rings. The van der Waals surface area contributed by atoms with Crippen LogP contribution in [0.3, 0.4) is 0 Å². The van der Waals surface area contributed by atoms with Crippen molar-refractivity contribution in [2.75, 3.05) is 7.11 Å². The minimum absolute atomic E-state index is 0.117. The van der Waals surface area contributed by atoms with Crippen LogP contribution in [0.1, 0.15) is 72.1 Å². The molecular formula is C28H32N2O4. The highest BCUT2D eigenvalue weighted by molar-refractivity contribution is 5.96. The molecule has 178 valence electrons. The summed E-state index contributed by atoms with van der Waals surface area (Å²) in [4.78, 5) is 28.3. The molecule has 1 aromatic heterocycles. The van der Waals surface area contributed by atoms with Gasteiger partial charge in [0.1, 0.15) is 0 Å². The predicted octanol–water partition coefficient (Wildman–Crippen LogP) is 5.44. The van der Waals surface area contributed by atoms with Gasteiger partial charge in [-0.05, 0) is 36.1 Å². The lowest BCUT2D eigenvalue weighted by molar-refractivity contribution is -0.129. The number of aromatic nitrogens is 1. The highest BCUT2D eigenvalue weighted by Gasteiger charge is 2.37. The fraction of sp³-hybridized carbons (Fsp3) is 0.321. The van der Waals surface area contributed by atoms with Crippen LogP contribution in [-0.4, -0.2) is 29.0 Å². The number of hydrogen-bond acceptors (Lipinski definition) is 5. The first-order valence-corrected chi connectivity index (χ1v) is 11.7. The van der Waals surface area contributed by atoms with Crippen molar-refractivity contribution in [1.82, 2.24) is 10.5 Å². The second kappa shape index (κ2) is 12.8. The molecule has 0 fully saturated rings. The van der Waals surface area contributed by atoms with Crippen LogP contribution in [0.25, 0.3) is 0 Å². The molecule has 2 aromatic carbocycles. The molecule has 0 spiro atoms. The number of Topliss-reactive ketones (excluding diaryl/α,β-unsaturated/α-hetero) is 1. The van der Waals surface area contributed by atoms with Crippen molar-refractivity contribution in [2.45, 2.75) is 50.5 Å². The van der Waals surface area contributed by atoms with E-state index >= 15 is 0 Å². The number of nitrogens with one attached hydrogen (secondary N) is 1. The summed E-state index contributed by atoms with van der Waals surface area (Å²) in [5, 5.41) is 8.49. The molecule has 0 aliphatic heterocycles. The van der Waals surface area contributed by atoms with Crippen LogP contribution < -0.4 is 5.48 Å². The maximum atomic E-state index is 12.7. The third-order valence-corrected chi connectivity index (χ3v) is 6.06. The number of carbonyl (C=O) groups excluding carboxylic acids is 2. The van der Waals surface area contributed by atoms with Gasteiger partial charge in [0.05, 0.1) is 5.69 Å². The molecule has 0 radical (unpaired) electrons. The molecule has 6 heteroatoms. The average Bonchev–Trinajstić information content (AvgIpc) is 2.90. The number of pyridine rings is 1. The number of rotatable bonds is 13. The molecule has 1 amide bonds. The zero-order valence-electron chi connectivity index (χ0n) is 19.6. The Morgan fingerprint density at radius 2 is 1.44 bits per heavy atom. The molecule has 1 unspecified atom stereocenters. The summed E-state index contributed by atoms with van der Waals surface area (Å²) >= 11 is 0. The lowest BCUT2D eigenvalue weighted by Gasteiger charge is -2.33. The highest BCUT2D eigenvalue weighted by Crippen LogP contribution is 2.38. The number of ketones is 1. The van der Waals surface area contributed by atoms with Gasteiger partial charge in [0, 0.05) is 31.7 Å². The number of carbonyl (C=O) groups is 2. The van der Waals surface area contributed by atoms with Crippen LogP contribution in [0.4, 0.5) is 0 Å². The minimum atomic E-state index is -0.878. The Morgan fingerprint density at radius 1 is 0.824 bits per heavy atom. The van der Waals surface area contributed by atoms with Crippen molar-refractivity contribution in [3.8, 4) is 0 Å². The van der Waals surface area contributed by atoms with Crippen LogP contribution in [0.2, 0.25) is 0 Å². The Bertz CT molecular complexity index is 998. The van der Waals surface area contributed by atoms with Gasteiger partial charge >= 0.3 is 0 Å². The Morgan fingerprint density at radius 3 is 2.06 bits per heavy atom. The third-order valence-electron chi connectivity index (χ3n) is 6.06. The fourth-order valence-corrected chi connectivity index (χ4v) is 4.24. The van der Waals surface area contributed by atoms with Gasteiger partial charge in [-0.15, -0.1) is 0 Å². The molecule has 0 bridgehead atoms. The average molecular weight is 461 g/mol. The molecule has 2 N–H and O–H groups in total. The summed E-state index contributed by atoms with van der Waals surface area (Å²) < 4.78 is 6.14. The summed E-state index contributed by atoms with van der Waals surface area (Å²) in [6.07, 6.45) is 6.92. The second-order valence-corrected chi connectivity index (χ2v) is 8.27. The lowest BCUT2D eigenvalue weighted by atomic mass is 9.82. The van der Waals surface area contributed by atoms with E-state index in [0.717, 1.165) is 48.9 Å². The van der Waals surface area contributed by atoms with Gasteiger partial charge < -0.3 is 4.74 Å². The molecule has 0 aliphatic rings. The van der Waals surface area contributed by atoms with Crippen LogP contribution >= 0.6 is 0 Å². The summed E-state index contributed by atoms with van der Waals surface area (Å²) in [5.74, 6) is -0.238. The van der Waals surface area contributed by atoms with E-state index in [2.05, 4.69) is 4.98 Å². The van der Waals surface area contributed by atoms with E-state index in [1.807, 2.05) is 72.8 Å². The number of methoxy groups -OCH3 is 1. The number of amides is 1. The molecule has 34 heavy (non-hydrogen) atoms. The summed E-state index contributed by atoms with van der Waals surface area (Å²) in [6, 6.07) is 23.4. The van der Waals surface area contributed by atoms with E-state index in [4.69, 9.17) is 9.94 Å². The molecular weight excluding hydrogens is 428 g/mol. The molecule has 1 atom stereocenters. The maximum Gasteiger partial charge on any atom is 0.243 e. The van der Waals surface area contributed by atoms with Crippen LogP contribution in [0, 0.1) is 0 Å². The molecule has 6 nitrogen and oxygen atoms in total. The maximum absolute atomic E-state index is 12.7. The van der Waals surface area contributed by atoms with Crippen molar-refractivity contribution in [3.05, 3.63) is 101 Å². The molecule has 0 aliphatic carbocycles. The fourth-order valence-electron chi connectivity index (χ4n) is 4.24. The summed E-state index contributed by atoms with van der Waals surface area (Å²) in [6.45, 7) is 0. The number of unbranched alkanes of at least 4 members (excludes halogenated alkanes) is 4. The zero-order valence-corrected chi connectivity index (χ0v) is 19.6. The largest absolute Gasteiger partial charge is 0.362 e. The highest BCUT2D eigenvalue weighted by atomic mass is 16.5. The molecule has 0 saturated heterocycles. The Kier molecular flexibility index (Phi) is 9.50. The SMILES string of the molecule is COC(c1ccccc1)(c1ccc(C(=O)CCCCCCCC(=O)NO)cc1)c1ccccn1. The molecule has 3 rings (SSSR count). The van der Waals surface area contributed by atoms with E-state index < -0.39 is 5.60 Å². The number of ether oxygens (including phenoxy) is 1. The van der Waals surface area contributed by atoms with Gasteiger partial charge in [-0.2, -0.15) is 0 Å². The summed E-state index contributed by atoms with van der Waals surface area (Å²) in [5.41, 5.74) is 4.09. The van der Waals surface area contributed by atoms with E-state index in [1.54, 1.807) is 18.8 Å². The minimum Gasteiger partial charge on any atom is -0.362 e. The van der Waals surface area contributed by atoms with Crippen molar-refractivity contribution < 1.29 is 19.5 Å². The number of hydrogen-bond donors (Lipinski definition) is 2. The van der Waals surface area contributed by atoms with Gasteiger partial charge in [-0.3, -0.25) is 19.8 Å². The second-order valence-electron chi connectivity index (χ2n) is 8.27. The predicted molar refractivity (Wildman–Crippen MR) is 131 cm³/mol. The van der Waals surface area contributed by atoms with E-state index in [0.29, 0.717) is 18.4 Å². The Hall–Kier alpha value is -3.35. The van der Waals surface area contributed by atoms with Crippen molar-refractivity contribution in [1.29, 1.82) is 0 Å². The smallest absolute Gasteiger partial charge is 0.243 e. The van der Waals surface area contributed by atoms with Crippen LogP contribution in [-0.2, 0) is 15.1 Å². The van der Waals surface area contributed by atoms with Gasteiger partial charge in [0.25, 0.3) is 0 Å². The van der Waals surface area contributed by atoms with E-state index in [1.165, 1.54) is 0 Å². The van der Waals surface area contributed by atoms with Crippen molar-refractivity contribution in [2.24, 2.45) is 0 Å². The third kappa shape index (κ3) is 6.16. The van der Waals surface area contributed by atoms with E-state index in [9.17, 15) is 9.59 Å². The quantitative estimate of drug-likeness (QED) is 0.153. The van der Waals surface area contributed by atoms with Crippen molar-refractivity contribution >= 4 is 11.7 Å². The first-order valence-electron chi connectivity index (χ1n) is 11.7. The standard InChI is InChI=1S/C28H32N2O4/c1-34-28(23-12-6-5-7-13-23,26-15-10-11-21-29-26)24-19-17-22(18-20-24)25(31)14-8-3-2-4-9-16-27(32)30-33/h5-7,10-13,15,17-21,33H,2-4,8-9,14,16H2,1H3,(H,30,32). The normalized spacial score (nSPS) is 12.6. The van der Waals surface area contributed by atoms with Gasteiger partial charge in [0.2, 0.25) is 5.91 Å². The number of hydroxylamine groups is 1. The first kappa shape index (κ1) is 25.3. The molecule has 0 saturated carbocycles. The monoisotopic (exact) mass is 460 g/mol. The van der Waals surface area contributed by atoms with Gasteiger partial charge in [0.15, 0.2) is 11.4 Å². The topological polar surface area (TPSA) is 88.5 Å². The number of benzene rings is 2. The summed E-state index contributed by atoms with van der Waals surface area (Å²) in [7, 11) is 1.68. The van der Waals surface area contributed by atoms with Gasteiger partial charge in [-0.25, -0.2) is 5.48 Å². The van der Waals surface area contributed by atoms with E-state index in [-0.39, 0.29) is 11.7 Å². The Labute approximate surface area is 201 Å². The molecule has 1 heterocycles. The Balaban J connectivity index is 1.67. The van der Waals surface area contributed by atoms with Crippen LogP contribution in [0.15, 0.2) is 79.0 Å². The zero-order chi connectivity index (χ0) is 24.2. The first-order chi connectivity index (χ1) is 16.6. The van der Waals surface area contributed by atoms with Crippen molar-refractivity contribution in [3.63, 3.8) is 0 Å².